The zero-order chi connectivity index (χ0) is 17.6. The molecule has 0 aliphatic rings. The van der Waals surface area contributed by atoms with Crippen molar-refractivity contribution in [1.29, 1.82) is 0 Å². The van der Waals surface area contributed by atoms with Crippen molar-refractivity contribution < 1.29 is 9.53 Å². The summed E-state index contributed by atoms with van der Waals surface area (Å²) in [4.78, 5) is 19.5. The largest absolute Gasteiger partial charge is 0.465 e. The maximum Gasteiger partial charge on any atom is 0.337 e. The van der Waals surface area contributed by atoms with Crippen LogP contribution in [0.15, 0.2) is 60.8 Å². The lowest BCUT2D eigenvalue weighted by Gasteiger charge is -2.12. The number of aromatic nitrogens is 2. The number of ether oxygens (including phenoxy) is 1. The topological polar surface area (TPSA) is 67.0 Å². The van der Waals surface area contributed by atoms with Gasteiger partial charge in [-0.25, -0.2) is 9.78 Å². The summed E-state index contributed by atoms with van der Waals surface area (Å²) in [5.74, 6) is 0.552. The van der Waals surface area contributed by atoms with Crippen LogP contribution in [0.4, 0.5) is 0 Å². The molecule has 0 spiro atoms. The normalized spacial score (nSPS) is 11.9. The van der Waals surface area contributed by atoms with Gasteiger partial charge in [0.2, 0.25) is 0 Å². The van der Waals surface area contributed by atoms with E-state index in [0.29, 0.717) is 12.1 Å². The number of nitrogens with one attached hydrogen (secondary N) is 2. The summed E-state index contributed by atoms with van der Waals surface area (Å²) in [7, 11) is 1.39. The molecule has 1 heterocycles. The SMILES string of the molecule is COC(=O)c1cccc(CN[C@@H](C)c2nc(-c3ccccc3)c[nH]2)c1. The highest BCUT2D eigenvalue weighted by molar-refractivity contribution is 5.89. The van der Waals surface area contributed by atoms with E-state index in [4.69, 9.17) is 4.74 Å². The van der Waals surface area contributed by atoms with E-state index in [9.17, 15) is 4.79 Å². The number of carbonyl (C=O) groups excluding carboxylic acids is 1. The molecule has 25 heavy (non-hydrogen) atoms. The van der Waals surface area contributed by atoms with Gasteiger partial charge in [0.15, 0.2) is 0 Å². The Morgan fingerprint density at radius 1 is 1.20 bits per heavy atom. The van der Waals surface area contributed by atoms with Crippen LogP contribution < -0.4 is 5.32 Å². The number of esters is 1. The first-order chi connectivity index (χ1) is 12.2. The average molecular weight is 335 g/mol. The van der Waals surface area contributed by atoms with Crippen molar-refractivity contribution in [2.45, 2.75) is 19.5 Å². The molecule has 128 valence electrons. The predicted octanol–water partition coefficient (Wildman–Crippen LogP) is 3.71. The van der Waals surface area contributed by atoms with E-state index >= 15 is 0 Å². The summed E-state index contributed by atoms with van der Waals surface area (Å²) in [5, 5.41) is 3.42. The second kappa shape index (κ2) is 7.77. The molecule has 5 nitrogen and oxygen atoms in total. The molecule has 3 aromatic rings. The van der Waals surface area contributed by atoms with Gasteiger partial charge < -0.3 is 15.0 Å². The first-order valence-corrected chi connectivity index (χ1v) is 8.18. The molecule has 0 fully saturated rings. The number of benzene rings is 2. The van der Waals surface area contributed by atoms with Gasteiger partial charge in [0, 0.05) is 18.3 Å². The fraction of sp³-hybridized carbons (Fsp3) is 0.200. The van der Waals surface area contributed by atoms with E-state index in [1.54, 1.807) is 6.07 Å². The van der Waals surface area contributed by atoms with Crippen LogP contribution in [0, 0.1) is 0 Å². The minimum atomic E-state index is -0.326. The van der Waals surface area contributed by atoms with Crippen molar-refractivity contribution in [2.24, 2.45) is 0 Å². The van der Waals surface area contributed by atoms with Gasteiger partial charge >= 0.3 is 5.97 Å². The number of carbonyl (C=O) groups is 1. The third kappa shape index (κ3) is 4.14. The standard InChI is InChI=1S/C20H21N3O2/c1-14(19-22-13-18(23-19)16-8-4-3-5-9-16)21-12-15-7-6-10-17(11-15)20(24)25-2/h3-11,13-14,21H,12H2,1-2H3,(H,22,23)/t14-/m0/s1. The van der Waals surface area contributed by atoms with Gasteiger partial charge in [-0.05, 0) is 24.6 Å². The quantitative estimate of drug-likeness (QED) is 0.674. The van der Waals surface area contributed by atoms with Crippen LogP contribution in [-0.2, 0) is 11.3 Å². The second-order valence-corrected chi connectivity index (χ2v) is 5.83. The van der Waals surface area contributed by atoms with Gasteiger partial charge in [0.25, 0.3) is 0 Å². The van der Waals surface area contributed by atoms with Crippen LogP contribution in [0.1, 0.15) is 34.7 Å². The number of aromatic amines is 1. The van der Waals surface area contributed by atoms with Gasteiger partial charge in [-0.3, -0.25) is 0 Å². The lowest BCUT2D eigenvalue weighted by molar-refractivity contribution is 0.0600. The van der Waals surface area contributed by atoms with Crippen molar-refractivity contribution in [3.63, 3.8) is 0 Å². The Labute approximate surface area is 147 Å². The molecule has 2 N–H and O–H groups in total. The van der Waals surface area contributed by atoms with Crippen molar-refractivity contribution in [3.05, 3.63) is 77.7 Å². The van der Waals surface area contributed by atoms with Crippen molar-refractivity contribution >= 4 is 5.97 Å². The van der Waals surface area contributed by atoms with Gasteiger partial charge in [0.05, 0.1) is 24.4 Å². The van der Waals surface area contributed by atoms with E-state index in [-0.39, 0.29) is 12.0 Å². The van der Waals surface area contributed by atoms with Crippen molar-refractivity contribution in [3.8, 4) is 11.3 Å². The van der Waals surface area contributed by atoms with Gasteiger partial charge in [-0.2, -0.15) is 0 Å². The first-order valence-electron chi connectivity index (χ1n) is 8.18. The molecule has 0 aliphatic carbocycles. The molecule has 1 aromatic heterocycles. The molecule has 3 rings (SSSR count). The zero-order valence-electron chi connectivity index (χ0n) is 14.3. The predicted molar refractivity (Wildman–Crippen MR) is 97.1 cm³/mol. The van der Waals surface area contributed by atoms with Crippen molar-refractivity contribution in [1.82, 2.24) is 15.3 Å². The van der Waals surface area contributed by atoms with E-state index < -0.39 is 0 Å². The van der Waals surface area contributed by atoms with E-state index in [2.05, 4.69) is 22.2 Å². The average Bonchev–Trinajstić information content (AvgIpc) is 3.17. The molecule has 0 bridgehead atoms. The van der Waals surface area contributed by atoms with Crippen molar-refractivity contribution in [2.75, 3.05) is 7.11 Å². The Kier molecular flexibility index (Phi) is 5.26. The number of imidazole rings is 1. The monoisotopic (exact) mass is 335 g/mol. The minimum Gasteiger partial charge on any atom is -0.465 e. The van der Waals surface area contributed by atoms with Crippen LogP contribution in [0.2, 0.25) is 0 Å². The molecule has 5 heteroatoms. The number of H-pyrrole nitrogens is 1. The van der Waals surface area contributed by atoms with E-state index in [1.165, 1.54) is 7.11 Å². The summed E-state index contributed by atoms with van der Waals surface area (Å²) in [6.07, 6.45) is 1.92. The van der Waals surface area contributed by atoms with Gasteiger partial charge in [-0.1, -0.05) is 42.5 Å². The second-order valence-electron chi connectivity index (χ2n) is 5.83. The van der Waals surface area contributed by atoms with Crippen LogP contribution in [0.5, 0.6) is 0 Å². The molecule has 0 saturated carbocycles. The molecule has 0 saturated heterocycles. The smallest absolute Gasteiger partial charge is 0.337 e. The Hall–Kier alpha value is -2.92. The molecular weight excluding hydrogens is 314 g/mol. The first kappa shape index (κ1) is 16.9. The lowest BCUT2D eigenvalue weighted by Crippen LogP contribution is -2.19. The molecule has 2 aromatic carbocycles. The Morgan fingerprint density at radius 3 is 2.76 bits per heavy atom. The summed E-state index contributed by atoms with van der Waals surface area (Å²) < 4.78 is 4.76. The fourth-order valence-electron chi connectivity index (χ4n) is 2.61. The van der Waals surface area contributed by atoms with Crippen LogP contribution in [-0.4, -0.2) is 23.0 Å². The minimum absolute atomic E-state index is 0.0549. The Balaban J connectivity index is 1.64. The number of nitrogens with zero attached hydrogens (tertiary/aromatic N) is 1. The lowest BCUT2D eigenvalue weighted by atomic mass is 10.1. The maximum absolute atomic E-state index is 11.6. The molecule has 0 amide bonds. The van der Waals surface area contributed by atoms with Crippen LogP contribution in [0.25, 0.3) is 11.3 Å². The molecule has 0 radical (unpaired) electrons. The summed E-state index contributed by atoms with van der Waals surface area (Å²) in [6, 6.07) is 17.5. The summed E-state index contributed by atoms with van der Waals surface area (Å²) in [5.41, 5.74) is 3.59. The number of rotatable bonds is 6. The zero-order valence-corrected chi connectivity index (χ0v) is 14.3. The molecular formula is C20H21N3O2. The van der Waals surface area contributed by atoms with Crippen LogP contribution in [0.3, 0.4) is 0 Å². The fourth-order valence-corrected chi connectivity index (χ4v) is 2.61. The van der Waals surface area contributed by atoms with Gasteiger partial charge in [-0.15, -0.1) is 0 Å². The number of methoxy groups -OCH3 is 1. The van der Waals surface area contributed by atoms with E-state index in [0.717, 1.165) is 22.6 Å². The summed E-state index contributed by atoms with van der Waals surface area (Å²) >= 11 is 0. The Morgan fingerprint density at radius 2 is 2.00 bits per heavy atom. The molecule has 0 aliphatic heterocycles. The molecule has 1 atom stereocenters. The third-order valence-corrected chi connectivity index (χ3v) is 4.04. The van der Waals surface area contributed by atoms with E-state index in [1.807, 2.05) is 54.7 Å². The summed E-state index contributed by atoms with van der Waals surface area (Å²) in [6.45, 7) is 2.69. The number of hydrogen-bond donors (Lipinski definition) is 2. The van der Waals surface area contributed by atoms with Crippen LogP contribution >= 0.6 is 0 Å². The Bertz CT molecular complexity index is 843. The van der Waals surface area contributed by atoms with Gasteiger partial charge in [0.1, 0.15) is 5.82 Å². The highest BCUT2D eigenvalue weighted by Crippen LogP contribution is 2.19. The highest BCUT2D eigenvalue weighted by Gasteiger charge is 2.11. The maximum atomic E-state index is 11.6. The highest BCUT2D eigenvalue weighted by atomic mass is 16.5. The number of hydrogen-bond acceptors (Lipinski definition) is 4. The third-order valence-electron chi connectivity index (χ3n) is 4.04. The molecule has 0 unspecified atom stereocenters.